The van der Waals surface area contributed by atoms with E-state index in [9.17, 15) is 13.2 Å². The van der Waals surface area contributed by atoms with Crippen LogP contribution in [0.3, 0.4) is 0 Å². The van der Waals surface area contributed by atoms with Crippen LogP contribution in [0.5, 0.6) is 5.75 Å². The van der Waals surface area contributed by atoms with Crippen LogP contribution in [0.15, 0.2) is 65.8 Å². The van der Waals surface area contributed by atoms with Gasteiger partial charge in [0.2, 0.25) is 0 Å². The lowest BCUT2D eigenvalue weighted by molar-refractivity contribution is 0.102. The quantitative estimate of drug-likeness (QED) is 0.458. The van der Waals surface area contributed by atoms with Gasteiger partial charge in [0, 0.05) is 17.4 Å². The fourth-order valence-electron chi connectivity index (χ4n) is 3.16. The number of nitrogens with one attached hydrogen (secondary N) is 2. The summed E-state index contributed by atoms with van der Waals surface area (Å²) in [6, 6.07) is 13.5. The highest BCUT2D eigenvalue weighted by Crippen LogP contribution is 2.25. The Morgan fingerprint density at radius 3 is 2.38 bits per heavy atom. The van der Waals surface area contributed by atoms with Crippen molar-refractivity contribution < 1.29 is 17.9 Å². The Kier molecular flexibility index (Phi) is 5.67. The summed E-state index contributed by atoms with van der Waals surface area (Å²) in [6.07, 6.45) is 3.14. The molecule has 0 aliphatic carbocycles. The van der Waals surface area contributed by atoms with E-state index in [1.807, 2.05) is 0 Å². The predicted molar refractivity (Wildman–Crippen MR) is 123 cm³/mol. The van der Waals surface area contributed by atoms with E-state index in [2.05, 4.69) is 20.3 Å². The van der Waals surface area contributed by atoms with Gasteiger partial charge in [-0.15, -0.1) is 0 Å². The van der Waals surface area contributed by atoms with Crippen molar-refractivity contribution >= 4 is 32.6 Å². The minimum atomic E-state index is -3.36. The zero-order chi connectivity index (χ0) is 22.9. The molecule has 0 bridgehead atoms. The number of sulfone groups is 1. The van der Waals surface area contributed by atoms with Crippen molar-refractivity contribution in [3.8, 4) is 17.0 Å². The minimum absolute atomic E-state index is 0.256. The van der Waals surface area contributed by atoms with E-state index in [4.69, 9.17) is 4.74 Å². The van der Waals surface area contributed by atoms with Crippen molar-refractivity contribution in [3.63, 3.8) is 0 Å². The van der Waals surface area contributed by atoms with Crippen molar-refractivity contribution in [3.05, 3.63) is 66.5 Å². The van der Waals surface area contributed by atoms with Crippen molar-refractivity contribution in [1.29, 1.82) is 0 Å². The Hall–Kier alpha value is -3.72. The molecule has 9 heteroatoms. The molecule has 164 valence electrons. The highest BCUT2D eigenvalue weighted by Gasteiger charge is 2.19. The highest BCUT2D eigenvalue weighted by molar-refractivity contribution is 7.92. The number of fused-ring (bicyclic) bond motifs is 1. The van der Waals surface area contributed by atoms with Gasteiger partial charge in [0.1, 0.15) is 11.3 Å². The van der Waals surface area contributed by atoms with Crippen molar-refractivity contribution in [2.75, 3.05) is 12.4 Å². The van der Waals surface area contributed by atoms with Crippen LogP contribution < -0.4 is 10.1 Å². The number of hydrogen-bond donors (Lipinski definition) is 2. The molecule has 2 heterocycles. The number of amides is 1. The van der Waals surface area contributed by atoms with Crippen LogP contribution in [0.1, 0.15) is 24.2 Å². The Balaban J connectivity index is 1.63. The maximum absolute atomic E-state index is 12.8. The molecule has 0 aliphatic rings. The van der Waals surface area contributed by atoms with Gasteiger partial charge >= 0.3 is 0 Å². The van der Waals surface area contributed by atoms with Gasteiger partial charge in [0.05, 0.1) is 34.7 Å². The second-order valence-corrected chi connectivity index (χ2v) is 9.96. The van der Waals surface area contributed by atoms with E-state index in [1.54, 1.807) is 81.9 Å². The summed E-state index contributed by atoms with van der Waals surface area (Å²) in [5.41, 5.74) is 3.11. The molecule has 4 rings (SSSR count). The fraction of sp³-hybridized carbons (Fsp3) is 0.174. The Labute approximate surface area is 185 Å². The molecule has 32 heavy (non-hydrogen) atoms. The van der Waals surface area contributed by atoms with Gasteiger partial charge in [0.15, 0.2) is 15.5 Å². The van der Waals surface area contributed by atoms with Gasteiger partial charge < -0.3 is 15.0 Å². The van der Waals surface area contributed by atoms with Crippen LogP contribution in [0.4, 0.5) is 5.69 Å². The molecule has 2 N–H and O–H groups in total. The first-order valence-corrected chi connectivity index (χ1v) is 11.5. The average Bonchev–Trinajstić information content (AvgIpc) is 3.23. The van der Waals surface area contributed by atoms with Crippen LogP contribution in [0, 0.1) is 0 Å². The molecule has 2 aromatic carbocycles. The van der Waals surface area contributed by atoms with Crippen molar-refractivity contribution in [2.24, 2.45) is 0 Å². The number of anilines is 1. The number of carbonyl (C=O) groups is 1. The standard InChI is InChI=1S/C23H22N4O4S/c1-14(2)32(29,30)18-10-4-15(5-11-18)20-13-25-22-21(27-20)19(12-24-22)23(28)26-16-6-8-17(31-3)9-7-16/h4-14H,1-3H3,(H,24,25)(H,26,28). The van der Waals surface area contributed by atoms with Gasteiger partial charge in [-0.25, -0.2) is 18.4 Å². The van der Waals surface area contributed by atoms with Crippen LogP contribution in [-0.2, 0) is 9.84 Å². The zero-order valence-electron chi connectivity index (χ0n) is 17.8. The third-order valence-electron chi connectivity index (χ3n) is 5.07. The maximum atomic E-state index is 12.8. The fourth-order valence-corrected chi connectivity index (χ4v) is 4.22. The number of carbonyl (C=O) groups excluding carboxylic acids is 1. The van der Waals surface area contributed by atoms with Crippen LogP contribution in [0.2, 0.25) is 0 Å². The number of ether oxygens (including phenoxy) is 1. The monoisotopic (exact) mass is 450 g/mol. The Morgan fingerprint density at radius 2 is 1.75 bits per heavy atom. The molecular formula is C23H22N4O4S. The zero-order valence-corrected chi connectivity index (χ0v) is 18.6. The van der Waals surface area contributed by atoms with Gasteiger partial charge in [-0.1, -0.05) is 12.1 Å². The minimum Gasteiger partial charge on any atom is -0.497 e. The van der Waals surface area contributed by atoms with Gasteiger partial charge in [-0.05, 0) is 50.2 Å². The molecule has 0 saturated carbocycles. The highest BCUT2D eigenvalue weighted by atomic mass is 32.2. The normalized spacial score (nSPS) is 11.6. The molecule has 0 saturated heterocycles. The second kappa shape index (κ2) is 8.43. The third-order valence-corrected chi connectivity index (χ3v) is 7.24. The lowest BCUT2D eigenvalue weighted by atomic mass is 10.1. The molecule has 0 radical (unpaired) electrons. The topological polar surface area (TPSA) is 114 Å². The molecule has 0 fully saturated rings. The molecule has 8 nitrogen and oxygen atoms in total. The molecule has 0 atom stereocenters. The second-order valence-electron chi connectivity index (χ2n) is 7.46. The number of aromatic nitrogens is 3. The first-order chi connectivity index (χ1) is 15.3. The number of aromatic amines is 1. The number of H-pyrrole nitrogens is 1. The lowest BCUT2D eigenvalue weighted by Crippen LogP contribution is -2.13. The SMILES string of the molecule is COc1ccc(NC(=O)c2c[nH]c3ncc(-c4ccc(S(=O)(=O)C(C)C)cc4)nc23)cc1. The maximum Gasteiger partial charge on any atom is 0.259 e. The summed E-state index contributed by atoms with van der Waals surface area (Å²) >= 11 is 0. The summed E-state index contributed by atoms with van der Waals surface area (Å²) < 4.78 is 29.8. The number of nitrogens with zero attached hydrogens (tertiary/aromatic N) is 2. The lowest BCUT2D eigenvalue weighted by Gasteiger charge is -2.08. The van der Waals surface area contributed by atoms with Crippen molar-refractivity contribution in [2.45, 2.75) is 24.0 Å². The molecular weight excluding hydrogens is 428 g/mol. The van der Waals surface area contributed by atoms with Gasteiger partial charge in [0.25, 0.3) is 5.91 Å². The molecule has 1 amide bonds. The van der Waals surface area contributed by atoms with E-state index >= 15 is 0 Å². The number of hydrogen-bond acceptors (Lipinski definition) is 6. The first kappa shape index (κ1) is 21.5. The molecule has 4 aromatic rings. The summed E-state index contributed by atoms with van der Waals surface area (Å²) in [6.45, 7) is 3.29. The summed E-state index contributed by atoms with van der Waals surface area (Å²) in [7, 11) is -1.78. The largest absolute Gasteiger partial charge is 0.497 e. The first-order valence-electron chi connectivity index (χ1n) is 9.93. The Bertz CT molecular complexity index is 1380. The van der Waals surface area contributed by atoms with E-state index in [-0.39, 0.29) is 10.8 Å². The average molecular weight is 451 g/mol. The van der Waals surface area contributed by atoms with E-state index in [1.165, 1.54) is 0 Å². The van der Waals surface area contributed by atoms with E-state index < -0.39 is 15.1 Å². The summed E-state index contributed by atoms with van der Waals surface area (Å²) in [4.78, 5) is 25.0. The van der Waals surface area contributed by atoms with Crippen molar-refractivity contribution in [1.82, 2.24) is 15.0 Å². The van der Waals surface area contributed by atoms with Gasteiger partial charge in [-0.2, -0.15) is 0 Å². The van der Waals surface area contributed by atoms with Gasteiger partial charge in [-0.3, -0.25) is 4.79 Å². The van der Waals surface area contributed by atoms with E-state index in [0.717, 1.165) is 0 Å². The van der Waals surface area contributed by atoms with E-state index in [0.29, 0.717) is 39.4 Å². The summed E-state index contributed by atoms with van der Waals surface area (Å²) in [5, 5.41) is 2.33. The smallest absolute Gasteiger partial charge is 0.259 e. The Morgan fingerprint density at radius 1 is 1.06 bits per heavy atom. The predicted octanol–water partition coefficient (Wildman–Crippen LogP) is 4.07. The number of rotatable bonds is 6. The summed E-state index contributed by atoms with van der Waals surface area (Å²) in [5.74, 6) is 0.365. The molecule has 0 spiro atoms. The third kappa shape index (κ3) is 4.06. The number of benzene rings is 2. The molecule has 0 unspecified atom stereocenters. The molecule has 2 aromatic heterocycles. The van der Waals surface area contributed by atoms with Crippen LogP contribution in [-0.4, -0.2) is 41.6 Å². The number of methoxy groups -OCH3 is 1. The van der Waals surface area contributed by atoms with Crippen LogP contribution >= 0.6 is 0 Å². The van der Waals surface area contributed by atoms with Crippen LogP contribution in [0.25, 0.3) is 22.4 Å². The molecule has 0 aliphatic heterocycles.